The zero-order chi connectivity index (χ0) is 13.8. The Kier molecular flexibility index (Phi) is 5.96. The van der Waals surface area contributed by atoms with E-state index in [1.165, 1.54) is 19.3 Å². The highest BCUT2D eigenvalue weighted by molar-refractivity contribution is 14.1. The molecule has 1 aliphatic rings. The Morgan fingerprint density at radius 1 is 1.42 bits per heavy atom. The van der Waals surface area contributed by atoms with Crippen LogP contribution < -0.4 is 5.32 Å². The van der Waals surface area contributed by atoms with Gasteiger partial charge in [0.15, 0.2) is 0 Å². The molecule has 1 saturated carbocycles. The van der Waals surface area contributed by atoms with Crippen molar-refractivity contribution < 1.29 is 4.79 Å². The van der Waals surface area contributed by atoms with E-state index in [4.69, 9.17) is 11.6 Å². The lowest BCUT2D eigenvalue weighted by Gasteiger charge is -2.31. The second-order valence-electron chi connectivity index (χ2n) is 4.91. The maximum atomic E-state index is 12.3. The minimum absolute atomic E-state index is 0.0175. The Bertz CT molecular complexity index is 469. The van der Waals surface area contributed by atoms with Gasteiger partial charge >= 0.3 is 0 Å². The van der Waals surface area contributed by atoms with E-state index < -0.39 is 0 Å². The van der Waals surface area contributed by atoms with Crippen LogP contribution in [0.25, 0.3) is 0 Å². The molecule has 2 nitrogen and oxygen atoms in total. The molecule has 2 atom stereocenters. The van der Waals surface area contributed by atoms with Crippen molar-refractivity contribution in [3.8, 4) is 0 Å². The van der Waals surface area contributed by atoms with Crippen molar-refractivity contribution in [2.45, 2.75) is 31.7 Å². The molecule has 0 bridgehead atoms. The van der Waals surface area contributed by atoms with Crippen molar-refractivity contribution in [3.63, 3.8) is 0 Å². The Morgan fingerprint density at radius 2 is 2.16 bits per heavy atom. The molecule has 19 heavy (non-hydrogen) atoms. The summed E-state index contributed by atoms with van der Waals surface area (Å²) in [6.07, 6.45) is 4.71. The monoisotopic (exact) mass is 455 g/mol. The van der Waals surface area contributed by atoms with Crippen molar-refractivity contribution in [2.24, 2.45) is 5.92 Å². The number of carbonyl (C=O) groups excluding carboxylic acids is 1. The fourth-order valence-electron chi connectivity index (χ4n) is 2.47. The first kappa shape index (κ1) is 15.6. The first-order chi connectivity index (χ1) is 9.11. The molecule has 2 rings (SSSR count). The summed E-state index contributed by atoms with van der Waals surface area (Å²) in [4.78, 5) is 12.3. The molecular formula is C14H16BrClINO. The Morgan fingerprint density at radius 3 is 2.84 bits per heavy atom. The summed E-state index contributed by atoms with van der Waals surface area (Å²) in [5.41, 5.74) is 0.643. The average Bonchev–Trinajstić information content (AvgIpc) is 2.42. The summed E-state index contributed by atoms with van der Waals surface area (Å²) >= 11 is 11.8. The molecule has 1 fully saturated rings. The van der Waals surface area contributed by atoms with Gasteiger partial charge in [0.2, 0.25) is 0 Å². The average molecular weight is 457 g/mol. The van der Waals surface area contributed by atoms with Gasteiger partial charge in [-0.05, 0) is 59.5 Å². The Balaban J connectivity index is 2.05. The normalized spacial score (nSPS) is 23.1. The van der Waals surface area contributed by atoms with E-state index in [0.717, 1.165) is 15.3 Å². The van der Waals surface area contributed by atoms with E-state index in [9.17, 15) is 4.79 Å². The molecule has 1 aromatic rings. The van der Waals surface area contributed by atoms with Crippen molar-refractivity contribution in [1.82, 2.24) is 5.32 Å². The van der Waals surface area contributed by atoms with Gasteiger partial charge in [0.1, 0.15) is 0 Å². The lowest BCUT2D eigenvalue weighted by molar-refractivity contribution is 0.0911. The number of hydrogen-bond acceptors (Lipinski definition) is 1. The standard InChI is InChI=1S/C14H16BrClINO/c15-8-10-3-1-2-4-13(10)18-14(19)9-5-6-12(17)11(16)7-9/h5-7,10,13H,1-4,8H2,(H,18,19). The molecule has 0 aliphatic heterocycles. The molecule has 1 aromatic carbocycles. The van der Waals surface area contributed by atoms with E-state index in [0.29, 0.717) is 16.5 Å². The van der Waals surface area contributed by atoms with Gasteiger partial charge < -0.3 is 5.32 Å². The second-order valence-corrected chi connectivity index (χ2v) is 7.12. The molecule has 2 unspecified atom stereocenters. The van der Waals surface area contributed by atoms with Crippen LogP contribution in [0.15, 0.2) is 18.2 Å². The fraction of sp³-hybridized carbons (Fsp3) is 0.500. The maximum absolute atomic E-state index is 12.3. The van der Waals surface area contributed by atoms with Crippen molar-refractivity contribution in [2.75, 3.05) is 5.33 Å². The third-order valence-electron chi connectivity index (χ3n) is 3.61. The van der Waals surface area contributed by atoms with Gasteiger partial charge in [-0.15, -0.1) is 0 Å². The minimum Gasteiger partial charge on any atom is -0.349 e. The topological polar surface area (TPSA) is 29.1 Å². The van der Waals surface area contributed by atoms with Gasteiger partial charge in [-0.25, -0.2) is 0 Å². The van der Waals surface area contributed by atoms with Crippen LogP contribution in [0.2, 0.25) is 5.02 Å². The number of rotatable bonds is 3. The molecule has 0 aromatic heterocycles. The van der Waals surface area contributed by atoms with E-state index in [-0.39, 0.29) is 11.9 Å². The molecule has 0 spiro atoms. The fourth-order valence-corrected chi connectivity index (χ4v) is 3.76. The number of alkyl halides is 1. The molecule has 0 heterocycles. The summed E-state index contributed by atoms with van der Waals surface area (Å²) in [5, 5.41) is 4.74. The van der Waals surface area contributed by atoms with Crippen LogP contribution in [0.5, 0.6) is 0 Å². The van der Waals surface area contributed by atoms with Crippen LogP contribution in [0.4, 0.5) is 0 Å². The SMILES string of the molecule is O=C(NC1CCCCC1CBr)c1ccc(I)c(Cl)c1. The number of nitrogens with one attached hydrogen (secondary N) is 1. The van der Waals surface area contributed by atoms with Gasteiger partial charge in [0.05, 0.1) is 5.02 Å². The third kappa shape index (κ3) is 4.08. The lowest BCUT2D eigenvalue weighted by Crippen LogP contribution is -2.42. The van der Waals surface area contributed by atoms with Gasteiger partial charge in [-0.2, -0.15) is 0 Å². The highest BCUT2D eigenvalue weighted by Gasteiger charge is 2.25. The quantitative estimate of drug-likeness (QED) is 0.522. The predicted molar refractivity (Wildman–Crippen MR) is 91.2 cm³/mol. The lowest BCUT2D eigenvalue weighted by atomic mass is 9.86. The van der Waals surface area contributed by atoms with Crippen LogP contribution in [0.3, 0.4) is 0 Å². The largest absolute Gasteiger partial charge is 0.349 e. The van der Waals surface area contributed by atoms with Crippen molar-refractivity contribution in [3.05, 3.63) is 32.4 Å². The number of carbonyl (C=O) groups is 1. The summed E-state index contributed by atoms with van der Waals surface area (Å²) in [5.74, 6) is 0.521. The highest BCUT2D eigenvalue weighted by Crippen LogP contribution is 2.26. The van der Waals surface area contributed by atoms with Gasteiger partial charge in [0, 0.05) is 20.5 Å². The maximum Gasteiger partial charge on any atom is 0.251 e. The number of hydrogen-bond donors (Lipinski definition) is 1. The van der Waals surface area contributed by atoms with E-state index in [1.54, 1.807) is 6.07 Å². The molecule has 1 amide bonds. The molecule has 5 heteroatoms. The third-order valence-corrected chi connectivity index (χ3v) is 6.01. The molecule has 1 aliphatic carbocycles. The van der Waals surface area contributed by atoms with Gasteiger partial charge in [-0.1, -0.05) is 40.4 Å². The summed E-state index contributed by atoms with van der Waals surface area (Å²) in [6, 6.07) is 5.72. The molecule has 0 radical (unpaired) electrons. The molecule has 104 valence electrons. The zero-order valence-corrected chi connectivity index (χ0v) is 15.0. The van der Waals surface area contributed by atoms with E-state index >= 15 is 0 Å². The van der Waals surface area contributed by atoms with Crippen molar-refractivity contribution >= 4 is 56.0 Å². The van der Waals surface area contributed by atoms with Crippen molar-refractivity contribution in [1.29, 1.82) is 0 Å². The highest BCUT2D eigenvalue weighted by atomic mass is 127. The van der Waals surface area contributed by atoms with Gasteiger partial charge in [0.25, 0.3) is 5.91 Å². The molecule has 1 N–H and O–H groups in total. The minimum atomic E-state index is -0.0175. The first-order valence-corrected chi connectivity index (χ1v) is 9.01. The van der Waals surface area contributed by atoms with E-state index in [2.05, 4.69) is 43.8 Å². The van der Waals surface area contributed by atoms with Crippen LogP contribution >= 0.6 is 50.1 Å². The number of benzene rings is 1. The summed E-state index contributed by atoms with van der Waals surface area (Å²) in [7, 11) is 0. The first-order valence-electron chi connectivity index (χ1n) is 6.43. The molecule has 0 saturated heterocycles. The number of halogens is 3. The van der Waals surface area contributed by atoms with Crippen LogP contribution in [0, 0.1) is 9.49 Å². The van der Waals surface area contributed by atoms with Crippen LogP contribution in [-0.2, 0) is 0 Å². The summed E-state index contributed by atoms with van der Waals surface area (Å²) in [6.45, 7) is 0. The van der Waals surface area contributed by atoms with E-state index in [1.807, 2.05) is 12.1 Å². The van der Waals surface area contributed by atoms with Gasteiger partial charge in [-0.3, -0.25) is 4.79 Å². The number of amides is 1. The van der Waals surface area contributed by atoms with Crippen LogP contribution in [-0.4, -0.2) is 17.3 Å². The Labute approximate surface area is 140 Å². The zero-order valence-electron chi connectivity index (χ0n) is 10.5. The summed E-state index contributed by atoms with van der Waals surface area (Å²) < 4.78 is 0.965. The Hall–Kier alpha value is 0.190. The predicted octanol–water partition coefficient (Wildman–Crippen LogP) is 4.63. The second kappa shape index (κ2) is 7.27. The smallest absolute Gasteiger partial charge is 0.251 e. The molecular weight excluding hydrogens is 440 g/mol. The van der Waals surface area contributed by atoms with Crippen LogP contribution in [0.1, 0.15) is 36.0 Å².